The molecule has 9 heteroatoms. The number of aromatic nitrogens is 1. The molecule has 0 radical (unpaired) electrons. The van der Waals surface area contributed by atoms with Crippen molar-refractivity contribution in [1.29, 1.82) is 0 Å². The molecular formula is C11H14N4O4S. The molecule has 3 N–H and O–H groups in total. The first-order valence-electron chi connectivity index (χ1n) is 5.87. The van der Waals surface area contributed by atoms with Crippen molar-refractivity contribution in [3.05, 3.63) is 24.0 Å². The summed E-state index contributed by atoms with van der Waals surface area (Å²) in [5.41, 5.74) is 5.94. The Hall–Kier alpha value is -1.84. The largest absolute Gasteiger partial charge is 0.325 e. The topological polar surface area (TPSA) is 122 Å². The molecule has 2 amide bonds. The van der Waals surface area contributed by atoms with Gasteiger partial charge in [-0.05, 0) is 19.1 Å². The maximum Gasteiger partial charge on any atom is 0.245 e. The fraction of sp³-hybridized carbons (Fsp3) is 0.364. The van der Waals surface area contributed by atoms with Gasteiger partial charge in [-0.2, -0.15) is 4.31 Å². The van der Waals surface area contributed by atoms with E-state index in [9.17, 15) is 18.0 Å². The zero-order valence-electron chi connectivity index (χ0n) is 10.7. The second-order valence-corrected chi connectivity index (χ2v) is 6.22. The van der Waals surface area contributed by atoms with Crippen LogP contribution >= 0.6 is 0 Å². The van der Waals surface area contributed by atoms with Crippen LogP contribution in [0.25, 0.3) is 0 Å². The van der Waals surface area contributed by atoms with E-state index in [-0.39, 0.29) is 11.4 Å². The fourth-order valence-corrected chi connectivity index (χ4v) is 3.30. The molecule has 2 rings (SSSR count). The van der Waals surface area contributed by atoms with Gasteiger partial charge in [-0.25, -0.2) is 8.42 Å². The Bertz CT molecular complexity index is 641. The molecule has 1 atom stereocenters. The third-order valence-electron chi connectivity index (χ3n) is 2.99. The number of nitrogens with zero attached hydrogens (tertiary/aromatic N) is 2. The molecular weight excluding hydrogens is 284 g/mol. The normalized spacial score (nSPS) is 20.8. The lowest BCUT2D eigenvalue weighted by Gasteiger charge is -2.30. The van der Waals surface area contributed by atoms with Crippen molar-refractivity contribution >= 4 is 21.8 Å². The van der Waals surface area contributed by atoms with Crippen LogP contribution in [0.4, 0.5) is 0 Å². The number of carbonyl (C=O) groups excluding carboxylic acids is 2. The Kier molecular flexibility index (Phi) is 3.84. The molecule has 0 spiro atoms. The molecule has 1 aliphatic rings. The van der Waals surface area contributed by atoms with E-state index in [2.05, 4.69) is 10.3 Å². The predicted octanol–water partition coefficient (Wildman–Crippen LogP) is -1.42. The Labute approximate surface area is 116 Å². The number of carbonyl (C=O) groups is 2. The van der Waals surface area contributed by atoms with Crippen molar-refractivity contribution in [2.24, 2.45) is 5.73 Å². The standard InChI is InChI=1S/C11H14N4O4S/c1-7-11(17)14-10(16)6-15(7)20(18,19)9-3-2-8(4-12)13-5-9/h2-3,5,7H,4,6,12H2,1H3,(H,14,16,17). The lowest BCUT2D eigenvalue weighted by Crippen LogP contribution is -2.58. The molecule has 0 bridgehead atoms. The number of hydrogen-bond donors (Lipinski definition) is 2. The zero-order chi connectivity index (χ0) is 14.9. The van der Waals surface area contributed by atoms with Crippen molar-refractivity contribution in [3.8, 4) is 0 Å². The highest BCUT2D eigenvalue weighted by Crippen LogP contribution is 2.19. The molecule has 1 aliphatic heterocycles. The summed E-state index contributed by atoms with van der Waals surface area (Å²) in [4.78, 5) is 26.7. The lowest BCUT2D eigenvalue weighted by atomic mass is 10.2. The predicted molar refractivity (Wildman–Crippen MR) is 68.6 cm³/mol. The average molecular weight is 298 g/mol. The maximum atomic E-state index is 12.4. The van der Waals surface area contributed by atoms with Gasteiger partial charge in [0.2, 0.25) is 21.8 Å². The van der Waals surface area contributed by atoms with E-state index in [0.29, 0.717) is 5.69 Å². The van der Waals surface area contributed by atoms with Crippen LogP contribution in [0.2, 0.25) is 0 Å². The van der Waals surface area contributed by atoms with E-state index in [0.717, 1.165) is 4.31 Å². The number of piperazine rings is 1. The van der Waals surface area contributed by atoms with Gasteiger partial charge >= 0.3 is 0 Å². The van der Waals surface area contributed by atoms with Gasteiger partial charge in [0.1, 0.15) is 10.9 Å². The van der Waals surface area contributed by atoms with Crippen molar-refractivity contribution < 1.29 is 18.0 Å². The first-order valence-corrected chi connectivity index (χ1v) is 7.31. The summed E-state index contributed by atoms with van der Waals surface area (Å²) >= 11 is 0. The SMILES string of the molecule is CC1C(=O)NC(=O)CN1S(=O)(=O)c1ccc(CN)nc1. The van der Waals surface area contributed by atoms with Crippen LogP contribution in [0.5, 0.6) is 0 Å². The molecule has 1 aromatic rings. The quantitative estimate of drug-likeness (QED) is 0.660. The summed E-state index contributed by atoms with van der Waals surface area (Å²) in [6.07, 6.45) is 1.17. The summed E-state index contributed by atoms with van der Waals surface area (Å²) in [6.45, 7) is 1.22. The second-order valence-electron chi connectivity index (χ2n) is 4.33. The van der Waals surface area contributed by atoms with Gasteiger partial charge < -0.3 is 5.73 Å². The third-order valence-corrected chi connectivity index (χ3v) is 4.89. The smallest absolute Gasteiger partial charge is 0.245 e. The number of sulfonamides is 1. The van der Waals surface area contributed by atoms with E-state index in [4.69, 9.17) is 5.73 Å². The highest BCUT2D eigenvalue weighted by molar-refractivity contribution is 7.89. The van der Waals surface area contributed by atoms with E-state index in [1.807, 2.05) is 0 Å². The number of pyridine rings is 1. The van der Waals surface area contributed by atoms with Crippen LogP contribution in [-0.2, 0) is 26.2 Å². The molecule has 1 aromatic heterocycles. The van der Waals surface area contributed by atoms with Crippen molar-refractivity contribution in [2.75, 3.05) is 6.54 Å². The van der Waals surface area contributed by atoms with Crippen LogP contribution in [0.3, 0.4) is 0 Å². The minimum atomic E-state index is -3.95. The molecule has 2 heterocycles. The van der Waals surface area contributed by atoms with E-state index in [1.165, 1.54) is 25.3 Å². The Balaban J connectivity index is 2.37. The third kappa shape index (κ3) is 2.55. The van der Waals surface area contributed by atoms with Gasteiger partial charge in [-0.3, -0.25) is 19.9 Å². The molecule has 8 nitrogen and oxygen atoms in total. The summed E-state index contributed by atoms with van der Waals surface area (Å²) in [5, 5.41) is 2.08. The molecule has 1 fully saturated rings. The molecule has 0 aromatic carbocycles. The number of nitrogens with one attached hydrogen (secondary N) is 1. The van der Waals surface area contributed by atoms with Crippen molar-refractivity contribution in [1.82, 2.24) is 14.6 Å². The molecule has 1 saturated heterocycles. The summed E-state index contributed by atoms with van der Waals surface area (Å²) in [5.74, 6) is -1.29. The van der Waals surface area contributed by atoms with Crippen LogP contribution in [0.1, 0.15) is 12.6 Å². The average Bonchev–Trinajstić information content (AvgIpc) is 2.42. The number of imide groups is 1. The van der Waals surface area contributed by atoms with Crippen LogP contribution in [0.15, 0.2) is 23.2 Å². The van der Waals surface area contributed by atoms with E-state index < -0.39 is 34.4 Å². The molecule has 20 heavy (non-hydrogen) atoms. The molecule has 1 unspecified atom stereocenters. The Morgan fingerprint density at radius 1 is 1.45 bits per heavy atom. The van der Waals surface area contributed by atoms with Gasteiger partial charge in [0, 0.05) is 12.7 Å². The fourth-order valence-electron chi connectivity index (χ4n) is 1.80. The zero-order valence-corrected chi connectivity index (χ0v) is 11.6. The molecule has 108 valence electrons. The lowest BCUT2D eigenvalue weighted by molar-refractivity contribution is -0.136. The number of rotatable bonds is 3. The van der Waals surface area contributed by atoms with E-state index >= 15 is 0 Å². The molecule has 0 aliphatic carbocycles. The van der Waals surface area contributed by atoms with Crippen LogP contribution < -0.4 is 11.1 Å². The number of amides is 2. The minimum Gasteiger partial charge on any atom is -0.325 e. The maximum absolute atomic E-state index is 12.4. The van der Waals surface area contributed by atoms with Crippen LogP contribution in [0, 0.1) is 0 Å². The summed E-state index contributed by atoms with van der Waals surface area (Å²) in [6, 6.07) is 1.89. The highest BCUT2D eigenvalue weighted by atomic mass is 32.2. The van der Waals surface area contributed by atoms with Gasteiger partial charge in [-0.15, -0.1) is 0 Å². The van der Waals surface area contributed by atoms with Crippen LogP contribution in [-0.4, -0.2) is 42.1 Å². The second kappa shape index (κ2) is 5.27. The van der Waals surface area contributed by atoms with Gasteiger partial charge in [-0.1, -0.05) is 0 Å². The van der Waals surface area contributed by atoms with Gasteiger partial charge in [0.25, 0.3) is 0 Å². The monoisotopic (exact) mass is 298 g/mol. The first kappa shape index (κ1) is 14.6. The number of nitrogens with two attached hydrogens (primary N) is 1. The van der Waals surface area contributed by atoms with Crippen molar-refractivity contribution in [3.63, 3.8) is 0 Å². The van der Waals surface area contributed by atoms with Gasteiger partial charge in [0.15, 0.2) is 0 Å². The Morgan fingerprint density at radius 3 is 2.70 bits per heavy atom. The summed E-state index contributed by atoms with van der Waals surface area (Å²) < 4.78 is 25.7. The highest BCUT2D eigenvalue weighted by Gasteiger charge is 2.38. The number of hydrogen-bond acceptors (Lipinski definition) is 6. The molecule has 0 saturated carbocycles. The summed E-state index contributed by atoms with van der Waals surface area (Å²) in [7, 11) is -3.95. The van der Waals surface area contributed by atoms with Crippen molar-refractivity contribution in [2.45, 2.75) is 24.4 Å². The first-order chi connectivity index (χ1) is 9.36. The van der Waals surface area contributed by atoms with E-state index in [1.54, 1.807) is 0 Å². The minimum absolute atomic E-state index is 0.0796. The Morgan fingerprint density at radius 2 is 2.15 bits per heavy atom. The van der Waals surface area contributed by atoms with Gasteiger partial charge in [0.05, 0.1) is 12.2 Å².